The fourth-order valence-electron chi connectivity index (χ4n) is 2.47. The van der Waals surface area contributed by atoms with Crippen molar-refractivity contribution in [3.63, 3.8) is 0 Å². The lowest BCUT2D eigenvalue weighted by Gasteiger charge is -2.11. The third kappa shape index (κ3) is 4.08. The summed E-state index contributed by atoms with van der Waals surface area (Å²) in [5, 5.41) is 12.2. The molecular weight excluding hydrogens is 330 g/mol. The Kier molecular flexibility index (Phi) is 4.99. The normalized spacial score (nSPS) is 10.2. The van der Waals surface area contributed by atoms with Crippen LogP contribution in [0.3, 0.4) is 0 Å². The van der Waals surface area contributed by atoms with E-state index >= 15 is 0 Å². The second-order valence-electron chi connectivity index (χ2n) is 5.75. The second-order valence-corrected chi connectivity index (χ2v) is 5.75. The summed E-state index contributed by atoms with van der Waals surface area (Å²) < 4.78 is 5.64. The first kappa shape index (κ1) is 17.2. The number of amides is 1. The predicted octanol–water partition coefficient (Wildman–Crippen LogP) is 4.74. The molecular formula is C21H17NO4. The van der Waals surface area contributed by atoms with Gasteiger partial charge >= 0.3 is 5.97 Å². The highest BCUT2D eigenvalue weighted by molar-refractivity contribution is 6.05. The van der Waals surface area contributed by atoms with Crippen molar-refractivity contribution < 1.29 is 19.4 Å². The van der Waals surface area contributed by atoms with E-state index in [1.165, 1.54) is 12.1 Å². The molecule has 0 saturated carbocycles. The molecule has 3 rings (SSSR count). The van der Waals surface area contributed by atoms with E-state index in [0.717, 1.165) is 5.56 Å². The van der Waals surface area contributed by atoms with E-state index < -0.39 is 5.97 Å². The number of carboxylic acids is 1. The first-order chi connectivity index (χ1) is 12.5. The molecule has 2 N–H and O–H groups in total. The van der Waals surface area contributed by atoms with Crippen LogP contribution in [0.2, 0.25) is 0 Å². The van der Waals surface area contributed by atoms with Crippen molar-refractivity contribution in [2.24, 2.45) is 0 Å². The number of nitrogens with one attached hydrogen (secondary N) is 1. The third-order valence-corrected chi connectivity index (χ3v) is 3.72. The Labute approximate surface area is 150 Å². The van der Waals surface area contributed by atoms with Crippen molar-refractivity contribution in [1.29, 1.82) is 0 Å². The van der Waals surface area contributed by atoms with E-state index in [-0.39, 0.29) is 17.2 Å². The van der Waals surface area contributed by atoms with Crippen LogP contribution in [0.4, 0.5) is 5.69 Å². The molecule has 0 spiro atoms. The first-order valence-electron chi connectivity index (χ1n) is 8.01. The molecule has 0 aromatic heterocycles. The fraction of sp³-hybridized carbons (Fsp3) is 0.0476. The SMILES string of the molecule is Cc1cccc(C(=O)Nc2ccc(Oc3ccccc3)c(C(=O)O)c2)c1. The molecule has 0 heterocycles. The minimum atomic E-state index is -1.14. The number of carboxylic acid groups (broad SMARTS) is 1. The summed E-state index contributed by atoms with van der Waals surface area (Å²) in [6, 6.07) is 20.6. The number of aryl methyl sites for hydroxylation is 1. The Bertz CT molecular complexity index is 951. The number of hydrogen-bond donors (Lipinski definition) is 2. The van der Waals surface area contributed by atoms with E-state index in [0.29, 0.717) is 17.0 Å². The summed E-state index contributed by atoms with van der Waals surface area (Å²) in [5.74, 6) is -0.701. The van der Waals surface area contributed by atoms with Crippen molar-refractivity contribution in [2.45, 2.75) is 6.92 Å². The molecule has 26 heavy (non-hydrogen) atoms. The average molecular weight is 347 g/mol. The van der Waals surface area contributed by atoms with Gasteiger partial charge in [-0.1, -0.05) is 35.9 Å². The maximum absolute atomic E-state index is 12.3. The maximum atomic E-state index is 12.3. The van der Waals surface area contributed by atoms with Gasteiger partial charge in [-0.2, -0.15) is 0 Å². The van der Waals surface area contributed by atoms with Gasteiger partial charge in [-0.25, -0.2) is 4.79 Å². The number of carbonyl (C=O) groups excluding carboxylic acids is 1. The van der Waals surface area contributed by atoms with Crippen molar-refractivity contribution >= 4 is 17.6 Å². The Hall–Kier alpha value is -3.60. The van der Waals surface area contributed by atoms with Crippen LogP contribution in [0.1, 0.15) is 26.3 Å². The molecule has 0 atom stereocenters. The lowest BCUT2D eigenvalue weighted by Crippen LogP contribution is -2.12. The van der Waals surface area contributed by atoms with Crippen LogP contribution >= 0.6 is 0 Å². The van der Waals surface area contributed by atoms with Gasteiger partial charge in [0.15, 0.2) is 0 Å². The lowest BCUT2D eigenvalue weighted by molar-refractivity contribution is 0.0694. The number of rotatable bonds is 5. The van der Waals surface area contributed by atoms with Crippen molar-refractivity contribution in [3.05, 3.63) is 89.5 Å². The van der Waals surface area contributed by atoms with Gasteiger partial charge in [0.1, 0.15) is 17.1 Å². The van der Waals surface area contributed by atoms with Gasteiger partial charge in [-0.3, -0.25) is 4.79 Å². The largest absolute Gasteiger partial charge is 0.478 e. The average Bonchev–Trinajstić information content (AvgIpc) is 2.63. The second kappa shape index (κ2) is 7.53. The number of ether oxygens (including phenoxy) is 1. The molecule has 5 nitrogen and oxygen atoms in total. The highest BCUT2D eigenvalue weighted by Crippen LogP contribution is 2.28. The number of aromatic carboxylic acids is 1. The van der Waals surface area contributed by atoms with Gasteiger partial charge in [0.25, 0.3) is 5.91 Å². The molecule has 3 aromatic rings. The third-order valence-electron chi connectivity index (χ3n) is 3.72. The zero-order valence-electron chi connectivity index (χ0n) is 14.1. The van der Waals surface area contributed by atoms with Gasteiger partial charge in [0, 0.05) is 11.3 Å². The van der Waals surface area contributed by atoms with Gasteiger partial charge in [-0.15, -0.1) is 0 Å². The summed E-state index contributed by atoms with van der Waals surface area (Å²) in [4.78, 5) is 23.9. The molecule has 0 aliphatic heterocycles. The number of benzene rings is 3. The Morgan fingerprint density at radius 3 is 2.38 bits per heavy atom. The lowest BCUT2D eigenvalue weighted by atomic mass is 10.1. The highest BCUT2D eigenvalue weighted by atomic mass is 16.5. The zero-order valence-corrected chi connectivity index (χ0v) is 14.1. The first-order valence-corrected chi connectivity index (χ1v) is 8.01. The Morgan fingerprint density at radius 2 is 1.69 bits per heavy atom. The van der Waals surface area contributed by atoms with Gasteiger partial charge in [0.2, 0.25) is 0 Å². The zero-order chi connectivity index (χ0) is 18.5. The summed E-state index contributed by atoms with van der Waals surface area (Å²) in [7, 11) is 0. The highest BCUT2D eigenvalue weighted by Gasteiger charge is 2.15. The minimum absolute atomic E-state index is 0.0316. The number of hydrogen-bond acceptors (Lipinski definition) is 3. The molecule has 5 heteroatoms. The molecule has 130 valence electrons. The molecule has 3 aromatic carbocycles. The molecule has 0 aliphatic rings. The van der Waals surface area contributed by atoms with Crippen LogP contribution in [-0.4, -0.2) is 17.0 Å². The van der Waals surface area contributed by atoms with Crippen LogP contribution < -0.4 is 10.1 Å². The molecule has 0 unspecified atom stereocenters. The Balaban J connectivity index is 1.84. The summed E-state index contributed by atoms with van der Waals surface area (Å²) in [5.41, 5.74) is 1.83. The minimum Gasteiger partial charge on any atom is -0.478 e. The fourth-order valence-corrected chi connectivity index (χ4v) is 2.47. The van der Waals surface area contributed by atoms with Crippen molar-refractivity contribution in [1.82, 2.24) is 0 Å². The summed E-state index contributed by atoms with van der Waals surface area (Å²) >= 11 is 0. The van der Waals surface area contributed by atoms with Gasteiger partial charge < -0.3 is 15.2 Å². The molecule has 0 radical (unpaired) electrons. The molecule has 0 saturated heterocycles. The molecule has 0 bridgehead atoms. The van der Waals surface area contributed by atoms with Crippen LogP contribution in [-0.2, 0) is 0 Å². The summed E-state index contributed by atoms with van der Waals surface area (Å²) in [6.45, 7) is 1.90. The van der Waals surface area contributed by atoms with Crippen LogP contribution in [0.15, 0.2) is 72.8 Å². The number of carbonyl (C=O) groups is 2. The number of anilines is 1. The van der Waals surface area contributed by atoms with Crippen LogP contribution in [0.25, 0.3) is 0 Å². The monoisotopic (exact) mass is 347 g/mol. The number of para-hydroxylation sites is 1. The van der Waals surface area contributed by atoms with Gasteiger partial charge in [0.05, 0.1) is 0 Å². The van der Waals surface area contributed by atoms with E-state index in [4.69, 9.17) is 4.74 Å². The standard InChI is InChI=1S/C21H17NO4/c1-14-6-5-7-15(12-14)20(23)22-16-10-11-19(18(13-16)21(24)25)26-17-8-3-2-4-9-17/h2-13H,1H3,(H,22,23)(H,24,25). The predicted molar refractivity (Wildman–Crippen MR) is 99.0 cm³/mol. The van der Waals surface area contributed by atoms with Crippen LogP contribution in [0, 0.1) is 6.92 Å². The van der Waals surface area contributed by atoms with E-state index in [1.807, 2.05) is 19.1 Å². The van der Waals surface area contributed by atoms with E-state index in [9.17, 15) is 14.7 Å². The molecule has 0 fully saturated rings. The quantitative estimate of drug-likeness (QED) is 0.699. The smallest absolute Gasteiger partial charge is 0.339 e. The molecule has 1 amide bonds. The maximum Gasteiger partial charge on any atom is 0.339 e. The topological polar surface area (TPSA) is 75.6 Å². The van der Waals surface area contributed by atoms with E-state index in [1.54, 1.807) is 48.5 Å². The van der Waals surface area contributed by atoms with Crippen molar-refractivity contribution in [3.8, 4) is 11.5 Å². The summed E-state index contributed by atoms with van der Waals surface area (Å²) in [6.07, 6.45) is 0. The Morgan fingerprint density at radius 1 is 0.923 bits per heavy atom. The van der Waals surface area contributed by atoms with Gasteiger partial charge in [-0.05, 0) is 49.4 Å². The molecule has 0 aliphatic carbocycles. The van der Waals surface area contributed by atoms with Crippen molar-refractivity contribution in [2.75, 3.05) is 5.32 Å². The van der Waals surface area contributed by atoms with E-state index in [2.05, 4.69) is 5.32 Å². The van der Waals surface area contributed by atoms with Crippen LogP contribution in [0.5, 0.6) is 11.5 Å².